The molecule has 2 fully saturated rings. The highest BCUT2D eigenvalue weighted by Crippen LogP contribution is 2.49. The van der Waals surface area contributed by atoms with Crippen LogP contribution in [0.4, 0.5) is 5.82 Å². The van der Waals surface area contributed by atoms with E-state index < -0.39 is 0 Å². The van der Waals surface area contributed by atoms with Crippen molar-refractivity contribution in [3.63, 3.8) is 0 Å². The van der Waals surface area contributed by atoms with Gasteiger partial charge < -0.3 is 10.1 Å². The smallest absolute Gasteiger partial charge is 0.306 e. The van der Waals surface area contributed by atoms with Gasteiger partial charge in [-0.05, 0) is 56.1 Å². The molecule has 2 aromatic rings. The number of fused-ring (bicyclic) bond motifs is 2. The van der Waals surface area contributed by atoms with Gasteiger partial charge in [-0.25, -0.2) is 4.68 Å². The fourth-order valence-corrected chi connectivity index (χ4v) is 4.58. The minimum Gasteiger partial charge on any atom is -0.456 e. The molecule has 3 atom stereocenters. The number of aromatic nitrogens is 2. The van der Waals surface area contributed by atoms with Crippen LogP contribution in [0.15, 0.2) is 36.4 Å². The number of aryl methyl sites for hydroxylation is 1. The number of hydrogen-bond acceptors (Lipinski definition) is 4. The largest absolute Gasteiger partial charge is 0.456 e. The zero-order chi connectivity index (χ0) is 18.8. The van der Waals surface area contributed by atoms with Gasteiger partial charge in [0, 0.05) is 12.5 Å². The Bertz CT molecular complexity index is 830. The molecule has 1 aromatic carbocycles. The molecule has 0 spiro atoms. The number of carbonyl (C=O) groups is 2. The Morgan fingerprint density at radius 2 is 2.04 bits per heavy atom. The van der Waals surface area contributed by atoms with Crippen LogP contribution < -0.4 is 5.32 Å². The van der Waals surface area contributed by atoms with E-state index in [9.17, 15) is 9.59 Å². The fraction of sp³-hybridized carbons (Fsp3) is 0.476. The van der Waals surface area contributed by atoms with Crippen molar-refractivity contribution in [3.8, 4) is 5.69 Å². The first-order valence-corrected chi connectivity index (χ1v) is 9.66. The minimum absolute atomic E-state index is 0.265. The number of nitrogens with one attached hydrogen (secondary N) is 1. The van der Waals surface area contributed by atoms with Gasteiger partial charge in [-0.3, -0.25) is 9.59 Å². The first kappa shape index (κ1) is 17.8. The van der Waals surface area contributed by atoms with Gasteiger partial charge in [0.05, 0.1) is 11.4 Å². The first-order chi connectivity index (χ1) is 13.1. The number of nitrogens with zero attached hydrogens (tertiary/aromatic N) is 2. The molecule has 0 aliphatic heterocycles. The van der Waals surface area contributed by atoms with E-state index in [-0.39, 0.29) is 18.5 Å². The van der Waals surface area contributed by atoms with Gasteiger partial charge >= 0.3 is 5.97 Å². The van der Waals surface area contributed by atoms with Gasteiger partial charge in [0.2, 0.25) is 0 Å². The van der Waals surface area contributed by atoms with Crippen LogP contribution in [-0.2, 0) is 14.3 Å². The molecule has 2 aliphatic carbocycles. The van der Waals surface area contributed by atoms with E-state index >= 15 is 0 Å². The summed E-state index contributed by atoms with van der Waals surface area (Å²) in [6, 6.07) is 11.4. The summed E-state index contributed by atoms with van der Waals surface area (Å²) in [5.74, 6) is 1.87. The number of amides is 1. The van der Waals surface area contributed by atoms with Crippen LogP contribution in [0.2, 0.25) is 0 Å². The van der Waals surface area contributed by atoms with Crippen molar-refractivity contribution in [2.75, 3.05) is 11.9 Å². The number of esters is 1. The van der Waals surface area contributed by atoms with Gasteiger partial charge in [-0.1, -0.05) is 24.6 Å². The Morgan fingerprint density at radius 1 is 1.22 bits per heavy atom. The summed E-state index contributed by atoms with van der Waals surface area (Å²) in [6.45, 7) is 1.60. The van der Waals surface area contributed by atoms with E-state index in [1.54, 1.807) is 10.7 Å². The van der Waals surface area contributed by atoms with Crippen molar-refractivity contribution in [3.05, 3.63) is 42.1 Å². The van der Waals surface area contributed by atoms with Crippen molar-refractivity contribution in [2.24, 2.45) is 17.8 Å². The van der Waals surface area contributed by atoms with Gasteiger partial charge in [-0.2, -0.15) is 5.10 Å². The van der Waals surface area contributed by atoms with Gasteiger partial charge in [-0.15, -0.1) is 0 Å². The summed E-state index contributed by atoms with van der Waals surface area (Å²) in [5, 5.41) is 7.20. The normalized spacial score (nSPS) is 23.4. The number of carbonyl (C=O) groups excluding carboxylic acids is 2. The lowest BCUT2D eigenvalue weighted by Gasteiger charge is -2.20. The SMILES string of the molecule is Cc1cc(NC(=O)COC(=O)C[C@@H]2C[C@H]3CC[C@@H]2C3)n(-c2ccccc2)n1. The van der Waals surface area contributed by atoms with E-state index in [2.05, 4.69) is 10.4 Å². The second-order valence-electron chi connectivity index (χ2n) is 7.77. The van der Waals surface area contributed by atoms with Gasteiger partial charge in [0.15, 0.2) is 6.61 Å². The summed E-state index contributed by atoms with van der Waals surface area (Å²) >= 11 is 0. The number of para-hydroxylation sites is 1. The molecule has 2 saturated carbocycles. The summed E-state index contributed by atoms with van der Waals surface area (Å²) < 4.78 is 6.89. The first-order valence-electron chi connectivity index (χ1n) is 9.66. The Hall–Kier alpha value is -2.63. The molecule has 1 N–H and O–H groups in total. The van der Waals surface area contributed by atoms with Crippen LogP contribution in [0.5, 0.6) is 0 Å². The lowest BCUT2D eigenvalue weighted by Crippen LogP contribution is -2.24. The van der Waals surface area contributed by atoms with E-state index in [0.29, 0.717) is 24.1 Å². The maximum atomic E-state index is 12.2. The molecule has 0 unspecified atom stereocenters. The van der Waals surface area contributed by atoms with Crippen LogP contribution >= 0.6 is 0 Å². The van der Waals surface area contributed by atoms with Crippen LogP contribution in [-0.4, -0.2) is 28.3 Å². The highest BCUT2D eigenvalue weighted by molar-refractivity contribution is 5.92. The molecular weight excluding hydrogens is 342 g/mol. The highest BCUT2D eigenvalue weighted by Gasteiger charge is 2.40. The van der Waals surface area contributed by atoms with Crippen LogP contribution in [0.1, 0.15) is 37.8 Å². The van der Waals surface area contributed by atoms with Crippen molar-refractivity contribution in [2.45, 2.75) is 39.0 Å². The summed E-state index contributed by atoms with van der Waals surface area (Å²) in [5.41, 5.74) is 1.65. The lowest BCUT2D eigenvalue weighted by molar-refractivity contribution is -0.148. The van der Waals surface area contributed by atoms with Crippen molar-refractivity contribution in [1.29, 1.82) is 0 Å². The molecule has 27 heavy (non-hydrogen) atoms. The molecule has 1 aromatic heterocycles. The minimum atomic E-state index is -0.353. The zero-order valence-corrected chi connectivity index (χ0v) is 15.6. The molecule has 6 nitrogen and oxygen atoms in total. The third kappa shape index (κ3) is 4.04. The lowest BCUT2D eigenvalue weighted by atomic mass is 9.86. The molecule has 4 rings (SSSR count). The van der Waals surface area contributed by atoms with Crippen LogP contribution in [0.25, 0.3) is 5.69 Å². The number of rotatable bonds is 6. The monoisotopic (exact) mass is 367 g/mol. The molecule has 2 aliphatic rings. The third-order valence-electron chi connectivity index (χ3n) is 5.78. The molecule has 1 amide bonds. The average molecular weight is 367 g/mol. The summed E-state index contributed by atoms with van der Waals surface area (Å²) in [7, 11) is 0. The summed E-state index contributed by atoms with van der Waals surface area (Å²) in [4.78, 5) is 24.4. The number of ether oxygens (including phenoxy) is 1. The number of benzene rings is 1. The topological polar surface area (TPSA) is 73.2 Å². The Labute approximate surface area is 158 Å². The molecule has 0 radical (unpaired) electrons. The second-order valence-corrected chi connectivity index (χ2v) is 7.77. The highest BCUT2D eigenvalue weighted by atomic mass is 16.5. The predicted octanol–water partition coefficient (Wildman–Crippen LogP) is 3.49. The van der Waals surface area contributed by atoms with Crippen molar-refractivity contribution in [1.82, 2.24) is 9.78 Å². The number of hydrogen-bond donors (Lipinski definition) is 1. The third-order valence-corrected chi connectivity index (χ3v) is 5.78. The molecule has 1 heterocycles. The predicted molar refractivity (Wildman–Crippen MR) is 101 cm³/mol. The standard InChI is InChI=1S/C21H25N3O3/c1-14-9-19(24(23-14)18-5-3-2-4-6-18)22-20(25)13-27-21(26)12-17-11-15-7-8-16(17)10-15/h2-6,9,15-17H,7-8,10-13H2,1H3,(H,22,25)/t15-,16+,17-/m0/s1. The molecule has 2 bridgehead atoms. The molecule has 142 valence electrons. The van der Waals surface area contributed by atoms with Crippen LogP contribution in [0.3, 0.4) is 0 Å². The van der Waals surface area contributed by atoms with Crippen LogP contribution in [0, 0.1) is 24.7 Å². The fourth-order valence-electron chi connectivity index (χ4n) is 4.58. The average Bonchev–Trinajstić information content (AvgIpc) is 3.36. The Kier molecular flexibility index (Phi) is 4.97. The Morgan fingerprint density at radius 3 is 2.74 bits per heavy atom. The molecular formula is C21H25N3O3. The number of anilines is 1. The molecule has 6 heteroatoms. The van der Waals surface area contributed by atoms with Gasteiger partial charge in [0.1, 0.15) is 5.82 Å². The maximum absolute atomic E-state index is 12.2. The van der Waals surface area contributed by atoms with E-state index in [4.69, 9.17) is 4.74 Å². The second kappa shape index (κ2) is 7.55. The van der Waals surface area contributed by atoms with Crippen molar-refractivity contribution >= 4 is 17.7 Å². The van der Waals surface area contributed by atoms with Gasteiger partial charge in [0.25, 0.3) is 5.91 Å². The zero-order valence-electron chi connectivity index (χ0n) is 15.6. The quantitative estimate of drug-likeness (QED) is 0.793. The summed E-state index contributed by atoms with van der Waals surface area (Å²) in [6.07, 6.45) is 5.40. The van der Waals surface area contributed by atoms with E-state index in [1.807, 2.05) is 37.3 Å². The van der Waals surface area contributed by atoms with E-state index in [1.165, 1.54) is 19.3 Å². The van der Waals surface area contributed by atoms with Crippen molar-refractivity contribution < 1.29 is 14.3 Å². The van der Waals surface area contributed by atoms with E-state index in [0.717, 1.165) is 23.7 Å². The Balaban J connectivity index is 1.30. The molecule has 0 saturated heterocycles. The maximum Gasteiger partial charge on any atom is 0.306 e.